The number of rotatable bonds is 2. The fourth-order valence-corrected chi connectivity index (χ4v) is 3.69. The summed E-state index contributed by atoms with van der Waals surface area (Å²) in [5, 5.41) is 10.8. The van der Waals surface area contributed by atoms with E-state index in [4.69, 9.17) is 0 Å². The fraction of sp³-hybridized carbons (Fsp3) is 0.647. The van der Waals surface area contributed by atoms with Gasteiger partial charge in [0.15, 0.2) is 0 Å². The highest BCUT2D eigenvalue weighted by molar-refractivity contribution is 5.35. The van der Waals surface area contributed by atoms with Gasteiger partial charge in [-0.05, 0) is 62.8 Å². The Morgan fingerprint density at radius 2 is 2.11 bits per heavy atom. The third-order valence-corrected chi connectivity index (χ3v) is 5.05. The van der Waals surface area contributed by atoms with Gasteiger partial charge < -0.3 is 10.0 Å². The maximum atomic E-state index is 10.8. The minimum atomic E-state index is -0.501. The number of likely N-dealkylation sites (tertiary alicyclic amines) is 1. The number of hydrogen-bond acceptors (Lipinski definition) is 2. The molecule has 0 aromatic heterocycles. The van der Waals surface area contributed by atoms with Gasteiger partial charge in [-0.2, -0.15) is 0 Å². The summed E-state index contributed by atoms with van der Waals surface area (Å²) in [5.41, 5.74) is 3.85. The van der Waals surface area contributed by atoms with Crippen LogP contribution < -0.4 is 0 Å². The Bertz CT molecular complexity index is 470. The average molecular weight is 259 g/mol. The predicted molar refractivity (Wildman–Crippen MR) is 78.4 cm³/mol. The Balaban J connectivity index is 1.74. The van der Waals surface area contributed by atoms with Crippen LogP contribution in [0.15, 0.2) is 18.2 Å². The summed E-state index contributed by atoms with van der Waals surface area (Å²) in [4.78, 5) is 2.34. The minimum Gasteiger partial charge on any atom is -0.389 e. The van der Waals surface area contributed by atoms with Crippen molar-refractivity contribution in [2.24, 2.45) is 0 Å². The lowest BCUT2D eigenvalue weighted by atomic mass is 9.82. The van der Waals surface area contributed by atoms with E-state index < -0.39 is 5.60 Å². The molecule has 0 saturated carbocycles. The van der Waals surface area contributed by atoms with Gasteiger partial charge in [-0.3, -0.25) is 0 Å². The van der Waals surface area contributed by atoms with Crippen molar-refractivity contribution in [2.45, 2.75) is 57.1 Å². The van der Waals surface area contributed by atoms with Crippen molar-refractivity contribution in [2.75, 3.05) is 13.6 Å². The van der Waals surface area contributed by atoms with Crippen LogP contribution in [0.4, 0.5) is 0 Å². The normalized spacial score (nSPS) is 31.4. The Labute approximate surface area is 116 Å². The Hall–Kier alpha value is -0.860. The van der Waals surface area contributed by atoms with E-state index in [9.17, 15) is 5.11 Å². The smallest absolute Gasteiger partial charge is 0.0714 e. The molecule has 1 aromatic rings. The number of hydrogen-bond donors (Lipinski definition) is 1. The van der Waals surface area contributed by atoms with E-state index in [0.717, 1.165) is 25.8 Å². The summed E-state index contributed by atoms with van der Waals surface area (Å²) < 4.78 is 0. The van der Waals surface area contributed by atoms with E-state index in [1.165, 1.54) is 36.0 Å². The van der Waals surface area contributed by atoms with Gasteiger partial charge in [0.1, 0.15) is 0 Å². The Morgan fingerprint density at radius 3 is 2.89 bits per heavy atom. The van der Waals surface area contributed by atoms with Crippen LogP contribution in [0.5, 0.6) is 0 Å². The molecule has 2 nitrogen and oxygen atoms in total. The molecule has 1 heterocycles. The van der Waals surface area contributed by atoms with Crippen LogP contribution in [-0.2, 0) is 19.3 Å². The molecule has 0 spiro atoms. The highest BCUT2D eigenvalue weighted by Gasteiger charge is 2.35. The summed E-state index contributed by atoms with van der Waals surface area (Å²) in [7, 11) is 2.15. The maximum Gasteiger partial charge on any atom is 0.0714 e. The molecule has 1 saturated heterocycles. The molecule has 1 aromatic carbocycles. The minimum absolute atomic E-state index is 0.480. The van der Waals surface area contributed by atoms with Crippen LogP contribution in [0.2, 0.25) is 0 Å². The maximum absolute atomic E-state index is 10.8. The number of piperidine rings is 1. The van der Waals surface area contributed by atoms with Crippen LogP contribution in [0, 0.1) is 0 Å². The van der Waals surface area contributed by atoms with Crippen LogP contribution in [0.1, 0.15) is 42.9 Å². The second-order valence-electron chi connectivity index (χ2n) is 6.64. The molecule has 0 radical (unpaired) electrons. The molecule has 2 atom stereocenters. The van der Waals surface area contributed by atoms with E-state index in [1.54, 1.807) is 0 Å². The molecule has 1 aliphatic heterocycles. The largest absolute Gasteiger partial charge is 0.389 e. The molecule has 1 aliphatic carbocycles. The van der Waals surface area contributed by atoms with E-state index in [-0.39, 0.29) is 0 Å². The average Bonchev–Trinajstić information content (AvgIpc) is 2.81. The van der Waals surface area contributed by atoms with Crippen molar-refractivity contribution in [3.8, 4) is 0 Å². The monoisotopic (exact) mass is 259 g/mol. The quantitative estimate of drug-likeness (QED) is 0.882. The summed E-state index contributed by atoms with van der Waals surface area (Å²) in [6, 6.07) is 7.32. The fourth-order valence-electron chi connectivity index (χ4n) is 3.69. The van der Waals surface area contributed by atoms with Crippen molar-refractivity contribution in [3.63, 3.8) is 0 Å². The SMILES string of the molecule is CC1CC(O)(Cc2ccc3c(c2)CCC3)CCN1C. The van der Waals surface area contributed by atoms with Crippen LogP contribution >= 0.6 is 0 Å². The number of fused-ring (bicyclic) bond motifs is 1. The molecule has 1 N–H and O–H groups in total. The van der Waals surface area contributed by atoms with Gasteiger partial charge in [0.25, 0.3) is 0 Å². The predicted octanol–water partition coefficient (Wildman–Crippen LogP) is 2.56. The second-order valence-corrected chi connectivity index (χ2v) is 6.64. The Kier molecular flexibility index (Phi) is 3.40. The molecule has 3 rings (SSSR count). The molecule has 0 amide bonds. The molecule has 1 fully saturated rings. The van der Waals surface area contributed by atoms with Crippen molar-refractivity contribution in [1.82, 2.24) is 4.90 Å². The van der Waals surface area contributed by atoms with Crippen LogP contribution in [0.3, 0.4) is 0 Å². The van der Waals surface area contributed by atoms with Crippen molar-refractivity contribution in [3.05, 3.63) is 34.9 Å². The lowest BCUT2D eigenvalue weighted by Gasteiger charge is -2.41. The molecule has 104 valence electrons. The van der Waals surface area contributed by atoms with Gasteiger partial charge in [0, 0.05) is 19.0 Å². The van der Waals surface area contributed by atoms with Gasteiger partial charge >= 0.3 is 0 Å². The van der Waals surface area contributed by atoms with E-state index in [2.05, 4.69) is 37.1 Å². The molecule has 19 heavy (non-hydrogen) atoms. The summed E-state index contributed by atoms with van der Waals surface area (Å²) in [6.07, 6.45) is 6.36. The van der Waals surface area contributed by atoms with Crippen molar-refractivity contribution in [1.29, 1.82) is 0 Å². The van der Waals surface area contributed by atoms with E-state index in [0.29, 0.717) is 6.04 Å². The number of aliphatic hydroxyl groups is 1. The lowest BCUT2D eigenvalue weighted by molar-refractivity contribution is -0.0353. The number of aryl methyl sites for hydroxylation is 2. The molecule has 0 bridgehead atoms. The summed E-state index contributed by atoms with van der Waals surface area (Å²) in [5.74, 6) is 0. The first-order valence-corrected chi connectivity index (χ1v) is 7.59. The first-order chi connectivity index (χ1) is 9.06. The molecule has 2 aliphatic rings. The van der Waals surface area contributed by atoms with Gasteiger partial charge in [-0.25, -0.2) is 0 Å². The lowest BCUT2D eigenvalue weighted by Crippen LogP contribution is -2.48. The number of nitrogens with zero attached hydrogens (tertiary/aromatic N) is 1. The molecule has 2 unspecified atom stereocenters. The highest BCUT2D eigenvalue weighted by Crippen LogP contribution is 2.31. The number of benzene rings is 1. The summed E-state index contributed by atoms with van der Waals surface area (Å²) >= 11 is 0. The van der Waals surface area contributed by atoms with E-state index in [1.807, 2.05) is 0 Å². The second kappa shape index (κ2) is 4.92. The van der Waals surface area contributed by atoms with Crippen molar-refractivity contribution >= 4 is 0 Å². The van der Waals surface area contributed by atoms with Gasteiger partial charge in [0.05, 0.1) is 5.60 Å². The van der Waals surface area contributed by atoms with Gasteiger partial charge in [-0.15, -0.1) is 0 Å². The zero-order valence-corrected chi connectivity index (χ0v) is 12.2. The first kappa shape index (κ1) is 13.1. The van der Waals surface area contributed by atoms with Gasteiger partial charge in [0.2, 0.25) is 0 Å². The first-order valence-electron chi connectivity index (χ1n) is 7.59. The molecular formula is C17H25NO. The zero-order valence-electron chi connectivity index (χ0n) is 12.2. The topological polar surface area (TPSA) is 23.5 Å². The third kappa shape index (κ3) is 2.70. The standard InChI is InChI=1S/C17H25NO/c1-13-11-17(19,8-9-18(13)2)12-14-6-7-15-4-3-5-16(15)10-14/h6-7,10,13,19H,3-5,8-9,11-12H2,1-2H3. The summed E-state index contributed by atoms with van der Waals surface area (Å²) in [6.45, 7) is 3.22. The Morgan fingerprint density at radius 1 is 1.32 bits per heavy atom. The third-order valence-electron chi connectivity index (χ3n) is 5.05. The van der Waals surface area contributed by atoms with E-state index >= 15 is 0 Å². The van der Waals surface area contributed by atoms with Crippen LogP contribution in [-0.4, -0.2) is 35.2 Å². The van der Waals surface area contributed by atoms with Crippen molar-refractivity contribution < 1.29 is 5.11 Å². The highest BCUT2D eigenvalue weighted by atomic mass is 16.3. The zero-order chi connectivity index (χ0) is 13.5. The van der Waals surface area contributed by atoms with Gasteiger partial charge in [-0.1, -0.05) is 18.2 Å². The molecular weight excluding hydrogens is 234 g/mol. The van der Waals surface area contributed by atoms with Crippen LogP contribution in [0.25, 0.3) is 0 Å². The molecule has 2 heteroatoms.